The highest BCUT2D eigenvalue weighted by atomic mass is 16.1. The Balaban J connectivity index is 2.37. The maximum absolute atomic E-state index is 11.3. The van der Waals surface area contributed by atoms with E-state index in [0.717, 1.165) is 17.1 Å². The van der Waals surface area contributed by atoms with E-state index in [1.807, 2.05) is 38.1 Å². The van der Waals surface area contributed by atoms with E-state index in [1.54, 1.807) is 12.1 Å². The molecule has 0 bridgehead atoms. The summed E-state index contributed by atoms with van der Waals surface area (Å²) < 4.78 is 0. The van der Waals surface area contributed by atoms with Crippen molar-refractivity contribution in [1.82, 2.24) is 4.98 Å². The fourth-order valence-electron chi connectivity index (χ4n) is 1.87. The number of carbonyl (C=O) groups excluding carboxylic acids is 1. The number of benzene rings is 1. The van der Waals surface area contributed by atoms with Crippen molar-refractivity contribution in [2.24, 2.45) is 5.73 Å². The Hall–Kier alpha value is -2.36. The zero-order valence-corrected chi connectivity index (χ0v) is 10.4. The standard InChI is InChI=1S/C14H15N3O/c1-9-7-11(8-10(2)16-9)17-13-6-4-3-5-12(13)14(15)18/h3-8H,1-2H3,(H2,15,18)(H,16,17). The van der Waals surface area contributed by atoms with Crippen LogP contribution in [0, 0.1) is 13.8 Å². The van der Waals surface area contributed by atoms with Crippen molar-refractivity contribution < 1.29 is 4.79 Å². The Bertz CT molecular complexity index is 573. The third-order valence-corrected chi connectivity index (χ3v) is 2.55. The Morgan fingerprint density at radius 2 is 1.78 bits per heavy atom. The first-order valence-electron chi connectivity index (χ1n) is 5.67. The first-order chi connectivity index (χ1) is 8.56. The van der Waals surface area contributed by atoms with Crippen LogP contribution in [0.15, 0.2) is 36.4 Å². The van der Waals surface area contributed by atoms with Gasteiger partial charge in [0.1, 0.15) is 0 Å². The lowest BCUT2D eigenvalue weighted by Crippen LogP contribution is -2.13. The van der Waals surface area contributed by atoms with Crippen LogP contribution in [0.1, 0.15) is 21.7 Å². The van der Waals surface area contributed by atoms with Crippen molar-refractivity contribution in [3.63, 3.8) is 0 Å². The average molecular weight is 241 g/mol. The zero-order chi connectivity index (χ0) is 13.1. The van der Waals surface area contributed by atoms with Crippen LogP contribution in [0.2, 0.25) is 0 Å². The highest BCUT2D eigenvalue weighted by Crippen LogP contribution is 2.21. The van der Waals surface area contributed by atoms with E-state index in [0.29, 0.717) is 11.3 Å². The Morgan fingerprint density at radius 3 is 2.39 bits per heavy atom. The van der Waals surface area contributed by atoms with E-state index in [4.69, 9.17) is 5.73 Å². The van der Waals surface area contributed by atoms with Gasteiger partial charge in [-0.1, -0.05) is 12.1 Å². The molecule has 0 aliphatic heterocycles. The van der Waals surface area contributed by atoms with Gasteiger partial charge in [-0.15, -0.1) is 0 Å². The maximum atomic E-state index is 11.3. The third kappa shape index (κ3) is 2.66. The van der Waals surface area contributed by atoms with E-state index in [2.05, 4.69) is 10.3 Å². The number of rotatable bonds is 3. The minimum absolute atomic E-state index is 0.444. The molecule has 4 heteroatoms. The van der Waals surface area contributed by atoms with Gasteiger partial charge in [0, 0.05) is 17.1 Å². The Morgan fingerprint density at radius 1 is 1.17 bits per heavy atom. The lowest BCUT2D eigenvalue weighted by molar-refractivity contribution is 0.100. The van der Waals surface area contributed by atoms with Crippen molar-refractivity contribution in [2.75, 3.05) is 5.32 Å². The molecule has 0 atom stereocenters. The van der Waals surface area contributed by atoms with Gasteiger partial charge in [-0.3, -0.25) is 9.78 Å². The molecular weight excluding hydrogens is 226 g/mol. The van der Waals surface area contributed by atoms with Crippen LogP contribution in [0.3, 0.4) is 0 Å². The molecule has 1 heterocycles. The van der Waals surface area contributed by atoms with E-state index in [9.17, 15) is 4.79 Å². The molecule has 0 spiro atoms. The zero-order valence-electron chi connectivity index (χ0n) is 10.4. The van der Waals surface area contributed by atoms with Gasteiger partial charge < -0.3 is 11.1 Å². The van der Waals surface area contributed by atoms with Crippen LogP contribution in [-0.4, -0.2) is 10.9 Å². The molecular formula is C14H15N3O. The molecule has 18 heavy (non-hydrogen) atoms. The summed E-state index contributed by atoms with van der Waals surface area (Å²) >= 11 is 0. The van der Waals surface area contributed by atoms with Crippen LogP contribution < -0.4 is 11.1 Å². The molecule has 2 rings (SSSR count). The normalized spacial score (nSPS) is 10.1. The molecule has 92 valence electrons. The van der Waals surface area contributed by atoms with Crippen LogP contribution in [0.4, 0.5) is 11.4 Å². The highest BCUT2D eigenvalue weighted by molar-refractivity contribution is 5.99. The van der Waals surface area contributed by atoms with Crippen molar-refractivity contribution in [2.45, 2.75) is 13.8 Å². The number of pyridine rings is 1. The third-order valence-electron chi connectivity index (χ3n) is 2.55. The number of amides is 1. The fraction of sp³-hybridized carbons (Fsp3) is 0.143. The van der Waals surface area contributed by atoms with Crippen LogP contribution >= 0.6 is 0 Å². The molecule has 0 saturated heterocycles. The van der Waals surface area contributed by atoms with Crippen molar-refractivity contribution >= 4 is 17.3 Å². The number of nitrogens with one attached hydrogen (secondary N) is 1. The van der Waals surface area contributed by atoms with E-state index < -0.39 is 5.91 Å². The van der Waals surface area contributed by atoms with Gasteiger partial charge in [0.2, 0.25) is 0 Å². The molecule has 4 nitrogen and oxygen atoms in total. The summed E-state index contributed by atoms with van der Waals surface area (Å²) in [6, 6.07) is 11.0. The fourth-order valence-corrected chi connectivity index (χ4v) is 1.87. The molecule has 0 unspecified atom stereocenters. The summed E-state index contributed by atoms with van der Waals surface area (Å²) in [7, 11) is 0. The lowest BCUT2D eigenvalue weighted by Gasteiger charge is -2.11. The van der Waals surface area contributed by atoms with Crippen molar-refractivity contribution in [1.29, 1.82) is 0 Å². The first-order valence-corrected chi connectivity index (χ1v) is 5.67. The molecule has 1 amide bonds. The van der Waals surface area contributed by atoms with Crippen molar-refractivity contribution in [3.05, 3.63) is 53.3 Å². The summed E-state index contributed by atoms with van der Waals surface area (Å²) in [5.41, 5.74) is 9.26. The topological polar surface area (TPSA) is 68.0 Å². The number of carbonyl (C=O) groups is 1. The van der Waals surface area contributed by atoms with Crippen LogP contribution in [0.25, 0.3) is 0 Å². The predicted molar refractivity (Wildman–Crippen MR) is 72.0 cm³/mol. The summed E-state index contributed by atoms with van der Waals surface area (Å²) in [6.07, 6.45) is 0. The number of aryl methyl sites for hydroxylation is 2. The minimum Gasteiger partial charge on any atom is -0.366 e. The Kier molecular flexibility index (Phi) is 3.28. The second-order valence-corrected chi connectivity index (χ2v) is 4.17. The second kappa shape index (κ2) is 4.87. The largest absolute Gasteiger partial charge is 0.366 e. The number of nitrogens with zero attached hydrogens (tertiary/aromatic N) is 1. The monoisotopic (exact) mass is 241 g/mol. The Labute approximate surface area is 106 Å². The number of anilines is 2. The lowest BCUT2D eigenvalue weighted by atomic mass is 10.1. The van der Waals surface area contributed by atoms with E-state index in [1.165, 1.54) is 0 Å². The number of hydrogen-bond acceptors (Lipinski definition) is 3. The number of para-hydroxylation sites is 1. The second-order valence-electron chi connectivity index (χ2n) is 4.17. The van der Waals surface area contributed by atoms with E-state index in [-0.39, 0.29) is 0 Å². The molecule has 2 aromatic rings. The van der Waals surface area contributed by atoms with Crippen LogP contribution in [0.5, 0.6) is 0 Å². The summed E-state index contributed by atoms with van der Waals surface area (Å²) in [5.74, 6) is -0.444. The molecule has 3 N–H and O–H groups in total. The molecule has 0 fully saturated rings. The molecule has 0 aliphatic rings. The number of nitrogens with two attached hydrogens (primary N) is 1. The number of hydrogen-bond donors (Lipinski definition) is 2. The minimum atomic E-state index is -0.444. The number of primary amides is 1. The summed E-state index contributed by atoms with van der Waals surface area (Å²) in [6.45, 7) is 3.86. The molecule has 0 saturated carbocycles. The smallest absolute Gasteiger partial charge is 0.250 e. The maximum Gasteiger partial charge on any atom is 0.250 e. The molecule has 0 aliphatic carbocycles. The van der Waals surface area contributed by atoms with Crippen LogP contribution in [-0.2, 0) is 0 Å². The van der Waals surface area contributed by atoms with Gasteiger partial charge in [0.15, 0.2) is 0 Å². The average Bonchev–Trinajstić information content (AvgIpc) is 2.27. The van der Waals surface area contributed by atoms with Crippen molar-refractivity contribution in [3.8, 4) is 0 Å². The predicted octanol–water partition coefficient (Wildman–Crippen LogP) is 2.54. The highest BCUT2D eigenvalue weighted by Gasteiger charge is 2.07. The van der Waals surface area contributed by atoms with Gasteiger partial charge in [-0.05, 0) is 38.1 Å². The molecule has 0 radical (unpaired) electrons. The quantitative estimate of drug-likeness (QED) is 0.867. The van der Waals surface area contributed by atoms with Gasteiger partial charge >= 0.3 is 0 Å². The summed E-state index contributed by atoms with van der Waals surface area (Å²) in [4.78, 5) is 15.6. The van der Waals surface area contributed by atoms with E-state index >= 15 is 0 Å². The first kappa shape index (κ1) is 12.1. The van der Waals surface area contributed by atoms with Gasteiger partial charge in [-0.25, -0.2) is 0 Å². The molecule has 1 aromatic carbocycles. The van der Waals surface area contributed by atoms with Gasteiger partial charge in [0.05, 0.1) is 11.3 Å². The molecule has 1 aromatic heterocycles. The van der Waals surface area contributed by atoms with Gasteiger partial charge in [-0.2, -0.15) is 0 Å². The SMILES string of the molecule is Cc1cc(Nc2ccccc2C(N)=O)cc(C)n1. The van der Waals surface area contributed by atoms with Gasteiger partial charge in [0.25, 0.3) is 5.91 Å². The summed E-state index contributed by atoms with van der Waals surface area (Å²) in [5, 5.41) is 3.19. The number of aromatic nitrogens is 1.